The lowest BCUT2D eigenvalue weighted by molar-refractivity contribution is -0.136. The van der Waals surface area contributed by atoms with E-state index in [4.69, 9.17) is 30.5 Å². The Balaban J connectivity index is 1.68. The van der Waals surface area contributed by atoms with Crippen molar-refractivity contribution in [1.29, 1.82) is 0 Å². The fourth-order valence-corrected chi connectivity index (χ4v) is 4.74. The standard InChI is InChI=1S/C27H30BrClN4O7/c1-5-9-39-25-18(28)10-16(11-19(25)29)13-30-33-22(34)14-40-20-8-7-17(12-21(20)38-6-2)24-23(26(35)37-4)15(3)31-27(36)32-24/h5,7-8,10-13,22,24,33-34H,1,6,9,14H2,2-4H3,(H2,31,32,36)/b30-13-/t22-,24-/m1/s1. The zero-order valence-corrected chi connectivity index (χ0v) is 24.5. The molecule has 40 heavy (non-hydrogen) atoms. The number of amides is 2. The van der Waals surface area contributed by atoms with E-state index in [9.17, 15) is 14.7 Å². The van der Waals surface area contributed by atoms with Gasteiger partial charge in [0.05, 0.1) is 41.0 Å². The summed E-state index contributed by atoms with van der Waals surface area (Å²) in [6.07, 6.45) is 1.95. The van der Waals surface area contributed by atoms with Crippen molar-refractivity contribution in [2.24, 2.45) is 5.10 Å². The van der Waals surface area contributed by atoms with Crippen LogP contribution in [0.4, 0.5) is 4.79 Å². The van der Waals surface area contributed by atoms with Gasteiger partial charge in [-0.1, -0.05) is 30.3 Å². The van der Waals surface area contributed by atoms with Crippen LogP contribution in [0.25, 0.3) is 0 Å². The third-order valence-electron chi connectivity index (χ3n) is 5.48. The van der Waals surface area contributed by atoms with Gasteiger partial charge in [0.25, 0.3) is 0 Å². The molecule has 13 heteroatoms. The van der Waals surface area contributed by atoms with E-state index in [1.54, 1.807) is 50.3 Å². The molecule has 0 spiro atoms. The summed E-state index contributed by atoms with van der Waals surface area (Å²) in [5.41, 5.74) is 4.49. The number of ether oxygens (including phenoxy) is 4. The van der Waals surface area contributed by atoms with Gasteiger partial charge in [0, 0.05) is 5.70 Å². The number of esters is 1. The molecule has 0 aliphatic carbocycles. The predicted octanol–water partition coefficient (Wildman–Crippen LogP) is 4.19. The van der Waals surface area contributed by atoms with Crippen LogP contribution in [0.5, 0.6) is 17.2 Å². The normalized spacial score (nSPS) is 15.7. The Morgan fingerprint density at radius 2 is 2.05 bits per heavy atom. The highest BCUT2D eigenvalue weighted by atomic mass is 79.9. The van der Waals surface area contributed by atoms with Crippen molar-refractivity contribution in [3.05, 3.63) is 74.9 Å². The lowest BCUT2D eigenvalue weighted by Crippen LogP contribution is -2.45. The van der Waals surface area contributed by atoms with Crippen LogP contribution in [-0.2, 0) is 9.53 Å². The first kappa shape index (κ1) is 30.8. The molecule has 2 aromatic carbocycles. The van der Waals surface area contributed by atoms with Gasteiger partial charge in [-0.05, 0) is 65.2 Å². The summed E-state index contributed by atoms with van der Waals surface area (Å²) in [5.74, 6) is 0.631. The molecule has 2 amide bonds. The van der Waals surface area contributed by atoms with Crippen LogP contribution >= 0.6 is 27.5 Å². The minimum Gasteiger partial charge on any atom is -0.490 e. The molecule has 0 fully saturated rings. The van der Waals surface area contributed by atoms with Gasteiger partial charge in [-0.15, -0.1) is 0 Å². The van der Waals surface area contributed by atoms with Crippen LogP contribution in [0.3, 0.4) is 0 Å². The third kappa shape index (κ3) is 7.90. The number of nitrogens with zero attached hydrogens (tertiary/aromatic N) is 1. The van der Waals surface area contributed by atoms with E-state index in [-0.39, 0.29) is 12.2 Å². The summed E-state index contributed by atoms with van der Waals surface area (Å²) in [4.78, 5) is 24.5. The molecular weight excluding hydrogens is 608 g/mol. The Hall–Kier alpha value is -3.74. The zero-order chi connectivity index (χ0) is 29.2. The summed E-state index contributed by atoms with van der Waals surface area (Å²) in [6, 6.07) is 7.20. The monoisotopic (exact) mass is 636 g/mol. The molecule has 214 valence electrons. The summed E-state index contributed by atoms with van der Waals surface area (Å²) >= 11 is 9.69. The molecule has 0 saturated heterocycles. The highest BCUT2D eigenvalue weighted by Crippen LogP contribution is 2.35. The average molecular weight is 638 g/mol. The fraction of sp³-hybridized carbons (Fsp3) is 0.296. The molecule has 0 bridgehead atoms. The number of aliphatic hydroxyl groups excluding tert-OH is 1. The molecule has 0 radical (unpaired) electrons. The van der Waals surface area contributed by atoms with Crippen molar-refractivity contribution in [2.45, 2.75) is 26.1 Å². The first-order chi connectivity index (χ1) is 19.2. The largest absolute Gasteiger partial charge is 0.490 e. The first-order valence-corrected chi connectivity index (χ1v) is 13.3. The quantitative estimate of drug-likeness (QED) is 0.0843. The zero-order valence-electron chi connectivity index (χ0n) is 22.1. The highest BCUT2D eigenvalue weighted by molar-refractivity contribution is 9.10. The van der Waals surface area contributed by atoms with Crippen molar-refractivity contribution < 1.29 is 33.6 Å². The van der Waals surface area contributed by atoms with Crippen LogP contribution in [0, 0.1) is 0 Å². The molecule has 1 aliphatic rings. The molecule has 1 aliphatic heterocycles. The van der Waals surface area contributed by atoms with Gasteiger partial charge in [0.1, 0.15) is 13.2 Å². The van der Waals surface area contributed by atoms with Gasteiger partial charge >= 0.3 is 12.0 Å². The Bertz CT molecular complexity index is 1290. The smallest absolute Gasteiger partial charge is 0.337 e. The summed E-state index contributed by atoms with van der Waals surface area (Å²) < 4.78 is 22.5. The number of carbonyl (C=O) groups is 2. The van der Waals surface area contributed by atoms with Crippen LogP contribution in [0.1, 0.15) is 31.0 Å². The molecule has 0 aromatic heterocycles. The van der Waals surface area contributed by atoms with Crippen LogP contribution in [0.15, 0.2) is 63.8 Å². The number of hydrogen-bond donors (Lipinski definition) is 4. The maximum atomic E-state index is 12.4. The van der Waals surface area contributed by atoms with Crippen molar-refractivity contribution in [1.82, 2.24) is 16.1 Å². The number of halogens is 2. The van der Waals surface area contributed by atoms with Crippen LogP contribution < -0.4 is 30.3 Å². The number of carbonyl (C=O) groups excluding carboxylic acids is 2. The first-order valence-electron chi connectivity index (χ1n) is 12.1. The van der Waals surface area contributed by atoms with Crippen LogP contribution in [0.2, 0.25) is 5.02 Å². The summed E-state index contributed by atoms with van der Waals surface area (Å²) in [7, 11) is 1.27. The van der Waals surface area contributed by atoms with E-state index in [0.717, 1.165) is 0 Å². The summed E-state index contributed by atoms with van der Waals surface area (Å²) in [6.45, 7) is 7.52. The predicted molar refractivity (Wildman–Crippen MR) is 154 cm³/mol. The maximum Gasteiger partial charge on any atom is 0.337 e. The van der Waals surface area contributed by atoms with Crippen molar-refractivity contribution >= 4 is 45.7 Å². The Labute approximate surface area is 245 Å². The van der Waals surface area contributed by atoms with E-state index in [2.05, 4.69) is 43.7 Å². The number of benzene rings is 2. The molecular formula is C27H30BrClN4O7. The van der Waals surface area contributed by atoms with Crippen molar-refractivity contribution in [3.63, 3.8) is 0 Å². The number of methoxy groups -OCH3 is 1. The SMILES string of the molecule is C=CCOc1c(Cl)cc(/C=N\N[C@H](O)COc2ccc([C@H]3NC(=O)NC(C)=C3C(=O)OC)cc2OCC)cc1Br. The fourth-order valence-electron chi connectivity index (χ4n) is 3.75. The molecule has 11 nitrogen and oxygen atoms in total. The Morgan fingerprint density at radius 1 is 1.27 bits per heavy atom. The van der Waals surface area contributed by atoms with E-state index < -0.39 is 24.3 Å². The molecule has 0 saturated carbocycles. The number of hydrazone groups is 1. The lowest BCUT2D eigenvalue weighted by atomic mass is 9.95. The Kier molecular flexibility index (Phi) is 11.2. The molecule has 2 aromatic rings. The van der Waals surface area contributed by atoms with Crippen molar-refractivity contribution in [2.75, 3.05) is 26.9 Å². The Morgan fingerprint density at radius 3 is 2.73 bits per heavy atom. The maximum absolute atomic E-state index is 12.4. The number of hydrogen-bond acceptors (Lipinski definition) is 9. The molecule has 0 unspecified atom stereocenters. The second kappa shape index (κ2) is 14.6. The average Bonchev–Trinajstić information content (AvgIpc) is 2.91. The van der Waals surface area contributed by atoms with Gasteiger partial charge in [-0.2, -0.15) is 5.10 Å². The van der Waals surface area contributed by atoms with Gasteiger partial charge in [-0.25, -0.2) is 9.59 Å². The van der Waals surface area contributed by atoms with Gasteiger partial charge in [0.2, 0.25) is 0 Å². The number of allylic oxidation sites excluding steroid dienone is 1. The van der Waals surface area contributed by atoms with Crippen LogP contribution in [-0.4, -0.2) is 56.5 Å². The van der Waals surface area contributed by atoms with E-state index in [1.165, 1.54) is 13.3 Å². The second-order valence-corrected chi connectivity index (χ2v) is 9.59. The third-order valence-corrected chi connectivity index (χ3v) is 6.35. The minimum atomic E-state index is -1.15. The van der Waals surface area contributed by atoms with Crippen molar-refractivity contribution in [3.8, 4) is 17.2 Å². The molecule has 1 heterocycles. The molecule has 4 N–H and O–H groups in total. The van der Waals surface area contributed by atoms with Gasteiger partial charge in [0.15, 0.2) is 23.5 Å². The minimum absolute atomic E-state index is 0.161. The van der Waals surface area contributed by atoms with E-state index >= 15 is 0 Å². The lowest BCUT2D eigenvalue weighted by Gasteiger charge is -2.28. The molecule has 2 atom stereocenters. The number of rotatable bonds is 13. The number of aliphatic hydroxyl groups is 1. The number of nitrogens with one attached hydrogen (secondary N) is 3. The second-order valence-electron chi connectivity index (χ2n) is 8.33. The topological polar surface area (TPSA) is 140 Å². The number of urea groups is 1. The van der Waals surface area contributed by atoms with Gasteiger partial charge in [-0.3, -0.25) is 5.43 Å². The van der Waals surface area contributed by atoms with E-state index in [1.807, 2.05) is 0 Å². The van der Waals surface area contributed by atoms with Gasteiger partial charge < -0.3 is 34.7 Å². The van der Waals surface area contributed by atoms with E-state index in [0.29, 0.717) is 56.8 Å². The summed E-state index contributed by atoms with van der Waals surface area (Å²) in [5, 5.41) is 20.1. The molecule has 3 rings (SSSR count). The highest BCUT2D eigenvalue weighted by Gasteiger charge is 2.32.